The predicted octanol–water partition coefficient (Wildman–Crippen LogP) is 3.20. The molecule has 5 heteroatoms. The molecule has 0 aliphatic rings. The van der Waals surface area contributed by atoms with Crippen LogP contribution < -0.4 is 10.1 Å². The third-order valence-corrected chi connectivity index (χ3v) is 3.34. The van der Waals surface area contributed by atoms with E-state index in [1.807, 2.05) is 37.3 Å². The number of fused-ring (bicyclic) bond motifs is 1. The Morgan fingerprint density at radius 2 is 1.86 bits per heavy atom. The SMILES string of the molecule is COc1cnc(C)cc1C(=O)Nc1cc2ccccc2cn1. The number of carbonyl (C=O) groups excluding carboxylic acids is 1. The lowest BCUT2D eigenvalue weighted by atomic mass is 10.1. The third-order valence-electron chi connectivity index (χ3n) is 3.34. The normalized spacial score (nSPS) is 10.5. The first-order valence-corrected chi connectivity index (χ1v) is 6.84. The topological polar surface area (TPSA) is 64.1 Å². The summed E-state index contributed by atoms with van der Waals surface area (Å²) in [6.07, 6.45) is 3.28. The maximum atomic E-state index is 12.4. The quantitative estimate of drug-likeness (QED) is 0.805. The Balaban J connectivity index is 1.91. The molecule has 2 aromatic heterocycles. The molecule has 0 bridgehead atoms. The molecule has 1 N–H and O–H groups in total. The van der Waals surface area contributed by atoms with Crippen LogP contribution in [0.4, 0.5) is 5.82 Å². The monoisotopic (exact) mass is 293 g/mol. The minimum atomic E-state index is -0.273. The second-order valence-corrected chi connectivity index (χ2v) is 4.90. The minimum Gasteiger partial charge on any atom is -0.494 e. The summed E-state index contributed by atoms with van der Waals surface area (Å²) in [6, 6.07) is 11.4. The average Bonchev–Trinajstić information content (AvgIpc) is 2.54. The Kier molecular flexibility index (Phi) is 3.70. The van der Waals surface area contributed by atoms with Crippen LogP contribution in [0.1, 0.15) is 16.1 Å². The highest BCUT2D eigenvalue weighted by Crippen LogP contribution is 2.20. The lowest BCUT2D eigenvalue weighted by molar-refractivity contribution is 0.102. The Bertz CT molecular complexity index is 846. The van der Waals surface area contributed by atoms with Gasteiger partial charge in [-0.15, -0.1) is 0 Å². The van der Waals surface area contributed by atoms with Crippen LogP contribution in [0.3, 0.4) is 0 Å². The van der Waals surface area contributed by atoms with Crippen LogP contribution in [-0.2, 0) is 0 Å². The summed E-state index contributed by atoms with van der Waals surface area (Å²) in [5.74, 6) is 0.661. The van der Waals surface area contributed by atoms with Gasteiger partial charge < -0.3 is 10.1 Å². The number of hydrogen-bond acceptors (Lipinski definition) is 4. The number of amides is 1. The zero-order valence-corrected chi connectivity index (χ0v) is 12.3. The van der Waals surface area contributed by atoms with E-state index in [-0.39, 0.29) is 5.91 Å². The Morgan fingerprint density at radius 1 is 1.09 bits per heavy atom. The molecule has 3 aromatic rings. The summed E-state index contributed by atoms with van der Waals surface area (Å²) >= 11 is 0. The maximum Gasteiger partial charge on any atom is 0.260 e. The van der Waals surface area contributed by atoms with Crippen LogP contribution >= 0.6 is 0 Å². The molecule has 5 nitrogen and oxygen atoms in total. The molecule has 0 aliphatic carbocycles. The molecule has 22 heavy (non-hydrogen) atoms. The van der Waals surface area contributed by atoms with Crippen molar-refractivity contribution < 1.29 is 9.53 Å². The number of rotatable bonds is 3. The van der Waals surface area contributed by atoms with Crippen molar-refractivity contribution in [3.8, 4) is 5.75 Å². The van der Waals surface area contributed by atoms with Gasteiger partial charge in [-0.25, -0.2) is 4.98 Å². The van der Waals surface area contributed by atoms with Gasteiger partial charge in [-0.3, -0.25) is 9.78 Å². The molecule has 0 radical (unpaired) electrons. The van der Waals surface area contributed by atoms with E-state index in [4.69, 9.17) is 4.74 Å². The summed E-state index contributed by atoms with van der Waals surface area (Å²) in [5.41, 5.74) is 1.18. The van der Waals surface area contributed by atoms with Crippen molar-refractivity contribution in [3.63, 3.8) is 0 Å². The number of benzene rings is 1. The number of nitrogens with zero attached hydrogens (tertiary/aromatic N) is 2. The van der Waals surface area contributed by atoms with Gasteiger partial charge in [0.05, 0.1) is 18.9 Å². The van der Waals surface area contributed by atoms with Crippen LogP contribution in [0.5, 0.6) is 5.75 Å². The minimum absolute atomic E-state index is 0.273. The van der Waals surface area contributed by atoms with E-state index >= 15 is 0 Å². The van der Waals surface area contributed by atoms with Crippen LogP contribution in [0.25, 0.3) is 10.8 Å². The van der Waals surface area contributed by atoms with Crippen LogP contribution in [-0.4, -0.2) is 23.0 Å². The van der Waals surface area contributed by atoms with Crippen LogP contribution in [0.2, 0.25) is 0 Å². The molecule has 0 atom stereocenters. The van der Waals surface area contributed by atoms with E-state index < -0.39 is 0 Å². The number of ether oxygens (including phenoxy) is 1. The Morgan fingerprint density at radius 3 is 2.64 bits per heavy atom. The van der Waals surface area contributed by atoms with Gasteiger partial charge in [-0.05, 0) is 24.4 Å². The van der Waals surface area contributed by atoms with E-state index in [0.717, 1.165) is 16.5 Å². The molecule has 3 rings (SSSR count). The summed E-state index contributed by atoms with van der Waals surface area (Å²) in [6.45, 7) is 1.82. The van der Waals surface area contributed by atoms with E-state index in [0.29, 0.717) is 17.1 Å². The van der Waals surface area contributed by atoms with Crippen molar-refractivity contribution in [3.05, 3.63) is 60.0 Å². The van der Waals surface area contributed by atoms with Gasteiger partial charge >= 0.3 is 0 Å². The first-order chi connectivity index (χ1) is 10.7. The second-order valence-electron chi connectivity index (χ2n) is 4.90. The van der Waals surface area contributed by atoms with E-state index in [1.54, 1.807) is 12.3 Å². The molecular formula is C17H15N3O2. The molecule has 0 fully saturated rings. The first-order valence-electron chi connectivity index (χ1n) is 6.84. The van der Waals surface area contributed by atoms with Crippen molar-refractivity contribution in [2.75, 3.05) is 12.4 Å². The fourth-order valence-corrected chi connectivity index (χ4v) is 2.22. The molecule has 0 unspecified atom stereocenters. The fraction of sp³-hybridized carbons (Fsp3) is 0.118. The molecular weight excluding hydrogens is 278 g/mol. The zero-order valence-electron chi connectivity index (χ0n) is 12.3. The lowest BCUT2D eigenvalue weighted by Gasteiger charge is -2.09. The molecule has 0 saturated carbocycles. The summed E-state index contributed by atoms with van der Waals surface area (Å²) in [5, 5.41) is 4.84. The van der Waals surface area contributed by atoms with Crippen LogP contribution in [0, 0.1) is 6.92 Å². The average molecular weight is 293 g/mol. The fourth-order valence-electron chi connectivity index (χ4n) is 2.22. The third kappa shape index (κ3) is 2.74. The van der Waals surface area contributed by atoms with Gasteiger partial charge in [0.1, 0.15) is 11.6 Å². The summed E-state index contributed by atoms with van der Waals surface area (Å²) in [7, 11) is 1.51. The van der Waals surface area contributed by atoms with Crippen molar-refractivity contribution in [2.24, 2.45) is 0 Å². The lowest BCUT2D eigenvalue weighted by Crippen LogP contribution is -2.14. The maximum absolute atomic E-state index is 12.4. The molecule has 0 aliphatic heterocycles. The van der Waals surface area contributed by atoms with Crippen molar-refractivity contribution in [2.45, 2.75) is 6.92 Å². The van der Waals surface area contributed by atoms with Crippen LogP contribution in [0.15, 0.2) is 48.8 Å². The van der Waals surface area contributed by atoms with Gasteiger partial charge in [-0.2, -0.15) is 0 Å². The van der Waals surface area contributed by atoms with Gasteiger partial charge in [0.15, 0.2) is 0 Å². The number of methoxy groups -OCH3 is 1. The van der Waals surface area contributed by atoms with Gasteiger partial charge in [-0.1, -0.05) is 24.3 Å². The molecule has 110 valence electrons. The predicted molar refractivity (Wildman–Crippen MR) is 85.2 cm³/mol. The highest BCUT2D eigenvalue weighted by atomic mass is 16.5. The molecule has 2 heterocycles. The Hall–Kier alpha value is -2.95. The number of pyridine rings is 2. The Labute approximate surface area is 128 Å². The van der Waals surface area contributed by atoms with Gasteiger partial charge in [0.2, 0.25) is 0 Å². The number of aromatic nitrogens is 2. The standard InChI is InChI=1S/C17H15N3O2/c1-11-7-14(15(22-2)10-18-11)17(21)20-16-8-12-5-3-4-6-13(12)9-19-16/h3-10H,1-2H3,(H,19,20,21). The van der Waals surface area contributed by atoms with Crippen molar-refractivity contribution in [1.29, 1.82) is 0 Å². The highest BCUT2D eigenvalue weighted by molar-refractivity contribution is 6.06. The largest absolute Gasteiger partial charge is 0.494 e. The van der Waals surface area contributed by atoms with Crippen molar-refractivity contribution in [1.82, 2.24) is 9.97 Å². The first kappa shape index (κ1) is 14.0. The smallest absolute Gasteiger partial charge is 0.260 e. The molecule has 0 saturated heterocycles. The number of hydrogen-bond donors (Lipinski definition) is 1. The molecule has 1 amide bonds. The van der Waals surface area contributed by atoms with Gasteiger partial charge in [0.25, 0.3) is 5.91 Å². The van der Waals surface area contributed by atoms with E-state index in [1.165, 1.54) is 13.3 Å². The number of nitrogens with one attached hydrogen (secondary N) is 1. The zero-order chi connectivity index (χ0) is 15.5. The molecule has 1 aromatic carbocycles. The summed E-state index contributed by atoms with van der Waals surface area (Å²) in [4.78, 5) is 20.8. The summed E-state index contributed by atoms with van der Waals surface area (Å²) < 4.78 is 5.19. The molecule has 0 spiro atoms. The van der Waals surface area contributed by atoms with Crippen molar-refractivity contribution >= 4 is 22.5 Å². The second kappa shape index (κ2) is 5.81. The van der Waals surface area contributed by atoms with E-state index in [9.17, 15) is 4.79 Å². The number of carbonyl (C=O) groups is 1. The number of aryl methyl sites for hydroxylation is 1. The van der Waals surface area contributed by atoms with E-state index in [2.05, 4.69) is 15.3 Å². The highest BCUT2D eigenvalue weighted by Gasteiger charge is 2.14. The number of anilines is 1. The van der Waals surface area contributed by atoms with Gasteiger partial charge in [0, 0.05) is 17.3 Å².